The molecule has 4 nitrogen and oxygen atoms in total. The van der Waals surface area contributed by atoms with Crippen molar-refractivity contribution in [1.29, 1.82) is 0 Å². The first kappa shape index (κ1) is 14.9. The molecule has 4 heteroatoms. The van der Waals surface area contributed by atoms with Gasteiger partial charge in [-0.2, -0.15) is 0 Å². The van der Waals surface area contributed by atoms with Gasteiger partial charge >= 0.3 is 0 Å². The van der Waals surface area contributed by atoms with Gasteiger partial charge in [-0.1, -0.05) is 0 Å². The lowest BCUT2D eigenvalue weighted by atomic mass is 10.1. The highest BCUT2D eigenvalue weighted by Crippen LogP contribution is 2.13. The van der Waals surface area contributed by atoms with Gasteiger partial charge in [0.1, 0.15) is 0 Å². The highest BCUT2D eigenvalue weighted by molar-refractivity contribution is 4.75. The van der Waals surface area contributed by atoms with E-state index in [-0.39, 0.29) is 0 Å². The molecule has 2 aliphatic rings. The number of nitrogens with zero attached hydrogens (tertiary/aromatic N) is 1. The Kier molecular flexibility index (Phi) is 7.77. The van der Waals surface area contributed by atoms with Gasteiger partial charge in [-0.25, -0.2) is 0 Å². The van der Waals surface area contributed by atoms with Crippen molar-refractivity contribution in [2.24, 2.45) is 0 Å². The van der Waals surface area contributed by atoms with Crippen LogP contribution in [0.5, 0.6) is 0 Å². The van der Waals surface area contributed by atoms with Crippen LogP contribution >= 0.6 is 0 Å². The molecule has 1 unspecified atom stereocenters. The lowest BCUT2D eigenvalue weighted by molar-refractivity contribution is 0.129. The maximum Gasteiger partial charge on any atom is 0.0617 e. The number of likely N-dealkylation sites (tertiary alicyclic amines) is 1. The third-order valence-electron chi connectivity index (χ3n) is 3.78. The first-order valence-corrected chi connectivity index (χ1v) is 6.85. The molecule has 0 bridgehead atoms. The number of nitrogens with one attached hydrogen (secondary N) is 2. The predicted molar refractivity (Wildman–Crippen MR) is 72.5 cm³/mol. The summed E-state index contributed by atoms with van der Waals surface area (Å²) in [6.07, 6.45) is 5.22. The molecule has 2 fully saturated rings. The molecule has 0 amide bonds. The first-order valence-electron chi connectivity index (χ1n) is 6.85. The molecule has 0 aromatic heterocycles. The topological polar surface area (TPSA) is 36.5 Å². The van der Waals surface area contributed by atoms with Gasteiger partial charge in [0, 0.05) is 19.2 Å². The molecule has 2 saturated heterocycles. The summed E-state index contributed by atoms with van der Waals surface area (Å²) in [4.78, 5) is 2.36. The van der Waals surface area contributed by atoms with Gasteiger partial charge in [-0.15, -0.1) is 0 Å². The number of ether oxygens (including phenoxy) is 1. The minimum Gasteiger partial charge on any atom is -0.383 e. The molecule has 1 atom stereocenters. The fraction of sp³-hybridized carbons (Fsp3) is 1.00. The van der Waals surface area contributed by atoms with Gasteiger partial charge in [-0.05, 0) is 59.4 Å². The van der Waals surface area contributed by atoms with Gasteiger partial charge in [0.15, 0.2) is 0 Å². The van der Waals surface area contributed by atoms with E-state index in [2.05, 4.69) is 22.6 Å². The number of rotatable bonds is 3. The molecule has 2 aliphatic heterocycles. The van der Waals surface area contributed by atoms with E-state index in [9.17, 15) is 0 Å². The number of piperidine rings is 1. The third-order valence-corrected chi connectivity index (χ3v) is 3.78. The summed E-state index contributed by atoms with van der Waals surface area (Å²) in [5, 5.41) is 6.57. The Morgan fingerprint density at radius 2 is 2.00 bits per heavy atom. The van der Waals surface area contributed by atoms with E-state index in [4.69, 9.17) is 4.74 Å². The van der Waals surface area contributed by atoms with Gasteiger partial charge in [0.05, 0.1) is 6.61 Å². The Morgan fingerprint density at radius 3 is 2.41 bits per heavy atom. The zero-order valence-electron chi connectivity index (χ0n) is 11.7. The van der Waals surface area contributed by atoms with Crippen LogP contribution in [0.3, 0.4) is 0 Å². The van der Waals surface area contributed by atoms with Crippen LogP contribution in [0.2, 0.25) is 0 Å². The fourth-order valence-corrected chi connectivity index (χ4v) is 2.49. The largest absolute Gasteiger partial charge is 0.383 e. The molecule has 2 heterocycles. The van der Waals surface area contributed by atoms with Crippen LogP contribution in [-0.4, -0.2) is 64.4 Å². The van der Waals surface area contributed by atoms with Crippen molar-refractivity contribution in [2.75, 3.05) is 47.4 Å². The zero-order valence-corrected chi connectivity index (χ0v) is 11.7. The van der Waals surface area contributed by atoms with Crippen LogP contribution in [0.15, 0.2) is 0 Å². The summed E-state index contributed by atoms with van der Waals surface area (Å²) in [5.41, 5.74) is 0. The van der Waals surface area contributed by atoms with Crippen LogP contribution in [0, 0.1) is 0 Å². The smallest absolute Gasteiger partial charge is 0.0617 e. The quantitative estimate of drug-likeness (QED) is 0.764. The zero-order chi connectivity index (χ0) is 12.5. The second kappa shape index (κ2) is 8.86. The van der Waals surface area contributed by atoms with Crippen molar-refractivity contribution in [3.63, 3.8) is 0 Å². The van der Waals surface area contributed by atoms with Crippen molar-refractivity contribution >= 4 is 0 Å². The Hall–Kier alpha value is -0.160. The standard InChI is InChI=1S/C7H15NO.C6H14N2/c1-8-5-3-4-7(8)6-9-2;1-7-6-2-4-8-5-3-6/h7H,3-6H2,1-2H3;6-8H,2-5H2,1H3. The molecular weight excluding hydrogens is 214 g/mol. The third kappa shape index (κ3) is 5.82. The molecule has 2 rings (SSSR count). The molecule has 2 N–H and O–H groups in total. The predicted octanol–water partition coefficient (Wildman–Crippen LogP) is 0.685. The highest BCUT2D eigenvalue weighted by atomic mass is 16.5. The van der Waals surface area contributed by atoms with Crippen LogP contribution in [0.4, 0.5) is 0 Å². The number of methoxy groups -OCH3 is 1. The molecule has 17 heavy (non-hydrogen) atoms. The molecule has 0 aliphatic carbocycles. The Morgan fingerprint density at radius 1 is 1.29 bits per heavy atom. The van der Waals surface area contributed by atoms with Crippen LogP contribution in [0.1, 0.15) is 25.7 Å². The lowest BCUT2D eigenvalue weighted by Crippen LogP contribution is -2.37. The SMILES string of the molecule is CNC1CCNCC1.COCC1CCCN1C. The number of likely N-dealkylation sites (N-methyl/N-ethyl adjacent to an activating group) is 1. The van der Waals surface area contributed by atoms with Crippen molar-refractivity contribution in [2.45, 2.75) is 37.8 Å². The first-order chi connectivity index (χ1) is 8.27. The Bertz CT molecular complexity index is 184. The second-order valence-electron chi connectivity index (χ2n) is 5.04. The summed E-state index contributed by atoms with van der Waals surface area (Å²) < 4.78 is 5.05. The van der Waals surface area contributed by atoms with E-state index < -0.39 is 0 Å². The van der Waals surface area contributed by atoms with Crippen molar-refractivity contribution in [1.82, 2.24) is 15.5 Å². The molecule has 0 radical (unpaired) electrons. The van der Waals surface area contributed by atoms with Crippen molar-refractivity contribution in [3.8, 4) is 0 Å². The maximum absolute atomic E-state index is 5.05. The summed E-state index contributed by atoms with van der Waals surface area (Å²) in [6.45, 7) is 4.52. The monoisotopic (exact) mass is 243 g/mol. The molecule has 0 saturated carbocycles. The van der Waals surface area contributed by atoms with Gasteiger partial charge in [0.25, 0.3) is 0 Å². The minimum atomic E-state index is 0.690. The van der Waals surface area contributed by atoms with Crippen LogP contribution in [0.25, 0.3) is 0 Å². The molecule has 0 aromatic rings. The molecular formula is C13H29N3O. The van der Waals surface area contributed by atoms with Crippen molar-refractivity contribution in [3.05, 3.63) is 0 Å². The summed E-state index contributed by atoms with van der Waals surface area (Å²) in [7, 11) is 5.97. The molecule has 0 aromatic carbocycles. The van der Waals surface area contributed by atoms with E-state index in [1.165, 1.54) is 45.3 Å². The van der Waals surface area contributed by atoms with Gasteiger partial charge in [-0.3, -0.25) is 0 Å². The minimum absolute atomic E-state index is 0.690. The van der Waals surface area contributed by atoms with Gasteiger partial charge < -0.3 is 20.3 Å². The normalized spacial score (nSPS) is 26.6. The molecule has 102 valence electrons. The van der Waals surface area contributed by atoms with E-state index in [0.29, 0.717) is 6.04 Å². The van der Waals surface area contributed by atoms with Crippen molar-refractivity contribution < 1.29 is 4.74 Å². The summed E-state index contributed by atoms with van der Waals surface area (Å²) in [5.74, 6) is 0. The fourth-order valence-electron chi connectivity index (χ4n) is 2.49. The lowest BCUT2D eigenvalue weighted by Gasteiger charge is -2.21. The van der Waals surface area contributed by atoms with E-state index in [1.54, 1.807) is 7.11 Å². The molecule has 0 spiro atoms. The van der Waals surface area contributed by atoms with E-state index in [0.717, 1.165) is 12.6 Å². The Labute approximate surface area is 106 Å². The van der Waals surface area contributed by atoms with Gasteiger partial charge in [0.2, 0.25) is 0 Å². The highest BCUT2D eigenvalue weighted by Gasteiger charge is 2.19. The number of hydrogen-bond acceptors (Lipinski definition) is 4. The average Bonchev–Trinajstić information content (AvgIpc) is 2.78. The Balaban J connectivity index is 0.000000171. The second-order valence-corrected chi connectivity index (χ2v) is 5.04. The van der Waals surface area contributed by atoms with Crippen LogP contribution < -0.4 is 10.6 Å². The van der Waals surface area contributed by atoms with E-state index in [1.807, 2.05) is 7.05 Å². The summed E-state index contributed by atoms with van der Waals surface area (Å²) >= 11 is 0. The van der Waals surface area contributed by atoms with E-state index >= 15 is 0 Å². The maximum atomic E-state index is 5.05. The summed E-state index contributed by atoms with van der Waals surface area (Å²) in [6, 6.07) is 1.46. The van der Waals surface area contributed by atoms with Crippen LogP contribution in [-0.2, 0) is 4.74 Å². The number of hydrogen-bond donors (Lipinski definition) is 2. The average molecular weight is 243 g/mol.